The maximum absolute atomic E-state index is 10.5. The summed E-state index contributed by atoms with van der Waals surface area (Å²) in [6.45, 7) is 2.59. The molecule has 1 heterocycles. The maximum atomic E-state index is 10.5. The number of aromatic nitrogens is 2. The molecule has 1 aromatic rings. The predicted molar refractivity (Wildman–Crippen MR) is 42.2 cm³/mol. The highest BCUT2D eigenvalue weighted by molar-refractivity contribution is 7.07. The number of aromatic carboxylic acids is 1. The van der Waals surface area contributed by atoms with Gasteiger partial charge in [0.25, 0.3) is 0 Å². The summed E-state index contributed by atoms with van der Waals surface area (Å²) >= 11 is 0.867. The molecule has 0 aromatic carbocycles. The Bertz CT molecular complexity index is 274. The Balaban J connectivity index is 2.70. The third kappa shape index (κ3) is 1.99. The number of rotatable bonds is 4. The van der Waals surface area contributed by atoms with E-state index in [-0.39, 0.29) is 11.5 Å². The number of carbonyl (C=O) groups is 1. The van der Waals surface area contributed by atoms with E-state index in [4.69, 9.17) is 9.84 Å². The lowest BCUT2D eigenvalue weighted by Crippen LogP contribution is -2.01. The molecule has 1 rings (SSSR count). The fraction of sp³-hybridized carbons (Fsp3) is 0.500. The minimum Gasteiger partial charge on any atom is -0.477 e. The van der Waals surface area contributed by atoms with Gasteiger partial charge in [-0.3, -0.25) is 0 Å². The fourth-order valence-electron chi connectivity index (χ4n) is 0.664. The Labute approximate surface area is 73.1 Å². The summed E-state index contributed by atoms with van der Waals surface area (Å²) in [6.07, 6.45) is 0. The van der Waals surface area contributed by atoms with E-state index in [9.17, 15) is 4.79 Å². The summed E-state index contributed by atoms with van der Waals surface area (Å²) in [6, 6.07) is 0. The maximum Gasteiger partial charge on any atom is 0.349 e. The summed E-state index contributed by atoms with van der Waals surface area (Å²) < 4.78 is 8.54. The molecular formula is C6H8N2O3S. The van der Waals surface area contributed by atoms with Gasteiger partial charge in [-0.05, 0) is 18.5 Å². The summed E-state index contributed by atoms with van der Waals surface area (Å²) in [5.74, 6) is -1.00. The van der Waals surface area contributed by atoms with Gasteiger partial charge in [0.15, 0.2) is 4.88 Å². The van der Waals surface area contributed by atoms with Crippen LogP contribution in [0.3, 0.4) is 0 Å². The van der Waals surface area contributed by atoms with Crippen molar-refractivity contribution in [2.24, 2.45) is 0 Å². The zero-order chi connectivity index (χ0) is 8.97. The number of carboxylic acids is 1. The summed E-state index contributed by atoms with van der Waals surface area (Å²) in [5, 5.41) is 12.3. The average Bonchev–Trinajstić information content (AvgIpc) is 2.48. The van der Waals surface area contributed by atoms with Crippen molar-refractivity contribution < 1.29 is 14.6 Å². The molecule has 6 heteroatoms. The van der Waals surface area contributed by atoms with Crippen molar-refractivity contribution in [3.8, 4) is 0 Å². The van der Waals surface area contributed by atoms with Crippen molar-refractivity contribution >= 4 is 17.5 Å². The van der Waals surface area contributed by atoms with E-state index in [0.29, 0.717) is 12.3 Å². The highest BCUT2D eigenvalue weighted by Crippen LogP contribution is 2.10. The van der Waals surface area contributed by atoms with Gasteiger partial charge >= 0.3 is 5.97 Å². The molecule has 0 radical (unpaired) electrons. The summed E-state index contributed by atoms with van der Waals surface area (Å²) in [7, 11) is 0. The minimum atomic E-state index is -1.00. The van der Waals surface area contributed by atoms with Gasteiger partial charge in [0.05, 0.1) is 6.61 Å². The molecule has 0 fully saturated rings. The number of hydrogen-bond donors (Lipinski definition) is 1. The molecule has 0 spiro atoms. The van der Waals surface area contributed by atoms with Crippen LogP contribution < -0.4 is 0 Å². The van der Waals surface area contributed by atoms with Crippen molar-refractivity contribution in [2.75, 3.05) is 6.61 Å². The average molecular weight is 188 g/mol. The number of ether oxygens (including phenoxy) is 1. The first-order chi connectivity index (χ1) is 5.75. The number of carboxylic acid groups (broad SMARTS) is 1. The van der Waals surface area contributed by atoms with Crippen LogP contribution in [0.5, 0.6) is 0 Å². The minimum absolute atomic E-state index is 0.156. The SMILES string of the molecule is CCOCc1nnsc1C(=O)O. The fourth-order valence-corrected chi connectivity index (χ4v) is 1.17. The lowest BCUT2D eigenvalue weighted by molar-refractivity contribution is 0.0693. The van der Waals surface area contributed by atoms with Crippen LogP contribution in [0.2, 0.25) is 0 Å². The van der Waals surface area contributed by atoms with E-state index >= 15 is 0 Å². The molecule has 0 saturated heterocycles. The topological polar surface area (TPSA) is 72.3 Å². The van der Waals surface area contributed by atoms with Gasteiger partial charge in [-0.25, -0.2) is 4.79 Å². The van der Waals surface area contributed by atoms with E-state index in [1.54, 1.807) is 0 Å². The summed E-state index contributed by atoms with van der Waals surface area (Å²) in [4.78, 5) is 10.7. The molecule has 66 valence electrons. The van der Waals surface area contributed by atoms with E-state index in [1.807, 2.05) is 6.92 Å². The van der Waals surface area contributed by atoms with Gasteiger partial charge in [-0.2, -0.15) is 0 Å². The van der Waals surface area contributed by atoms with Gasteiger partial charge in [-0.1, -0.05) is 4.49 Å². The highest BCUT2D eigenvalue weighted by Gasteiger charge is 2.14. The normalized spacial score (nSPS) is 10.1. The lowest BCUT2D eigenvalue weighted by atomic mass is 10.4. The molecule has 0 aliphatic heterocycles. The number of nitrogens with zero attached hydrogens (tertiary/aromatic N) is 2. The Morgan fingerprint density at radius 3 is 3.08 bits per heavy atom. The molecule has 1 N–H and O–H groups in total. The first kappa shape index (κ1) is 9.08. The van der Waals surface area contributed by atoms with Crippen LogP contribution in [0.15, 0.2) is 0 Å². The number of hydrogen-bond acceptors (Lipinski definition) is 5. The van der Waals surface area contributed by atoms with Crippen LogP contribution in [0.25, 0.3) is 0 Å². The quantitative estimate of drug-likeness (QED) is 0.755. The zero-order valence-corrected chi connectivity index (χ0v) is 7.30. The van der Waals surface area contributed by atoms with Gasteiger partial charge in [0.1, 0.15) is 5.69 Å². The van der Waals surface area contributed by atoms with Crippen molar-refractivity contribution in [1.82, 2.24) is 9.59 Å². The van der Waals surface area contributed by atoms with Gasteiger partial charge < -0.3 is 9.84 Å². The molecule has 0 saturated carbocycles. The molecule has 12 heavy (non-hydrogen) atoms. The molecule has 5 nitrogen and oxygen atoms in total. The van der Waals surface area contributed by atoms with Crippen LogP contribution in [0, 0.1) is 0 Å². The standard InChI is InChI=1S/C6H8N2O3S/c1-2-11-3-4-5(6(9)10)12-8-7-4/h2-3H2,1H3,(H,9,10). The predicted octanol–water partition coefficient (Wildman–Crippen LogP) is 0.773. The van der Waals surface area contributed by atoms with E-state index in [1.165, 1.54) is 0 Å². The van der Waals surface area contributed by atoms with Crippen molar-refractivity contribution in [3.05, 3.63) is 10.6 Å². The van der Waals surface area contributed by atoms with Crippen LogP contribution >= 0.6 is 11.5 Å². The first-order valence-corrected chi connectivity index (χ1v) is 4.15. The molecule has 0 amide bonds. The molecule has 0 bridgehead atoms. The largest absolute Gasteiger partial charge is 0.477 e. The van der Waals surface area contributed by atoms with E-state index in [0.717, 1.165) is 11.5 Å². The van der Waals surface area contributed by atoms with Crippen LogP contribution in [-0.4, -0.2) is 27.3 Å². The van der Waals surface area contributed by atoms with Crippen LogP contribution in [0.1, 0.15) is 22.3 Å². The molecule has 1 aromatic heterocycles. The van der Waals surface area contributed by atoms with Crippen molar-refractivity contribution in [2.45, 2.75) is 13.5 Å². The van der Waals surface area contributed by atoms with Gasteiger partial charge in [0.2, 0.25) is 0 Å². The first-order valence-electron chi connectivity index (χ1n) is 3.38. The zero-order valence-electron chi connectivity index (χ0n) is 6.48. The lowest BCUT2D eigenvalue weighted by Gasteiger charge is -1.96. The third-order valence-corrected chi connectivity index (χ3v) is 1.95. The summed E-state index contributed by atoms with van der Waals surface area (Å²) in [5.41, 5.74) is 0.398. The molecular weight excluding hydrogens is 180 g/mol. The van der Waals surface area contributed by atoms with Crippen molar-refractivity contribution in [1.29, 1.82) is 0 Å². The van der Waals surface area contributed by atoms with E-state index in [2.05, 4.69) is 9.59 Å². The highest BCUT2D eigenvalue weighted by atomic mass is 32.1. The Morgan fingerprint density at radius 2 is 2.50 bits per heavy atom. The van der Waals surface area contributed by atoms with Gasteiger partial charge in [0, 0.05) is 6.61 Å². The Kier molecular flexibility index (Phi) is 3.12. The Hall–Kier alpha value is -1.01. The third-order valence-electron chi connectivity index (χ3n) is 1.19. The second-order valence-corrected chi connectivity index (χ2v) is 2.75. The molecule has 0 atom stereocenters. The molecule has 0 unspecified atom stereocenters. The second kappa shape index (κ2) is 4.13. The van der Waals surface area contributed by atoms with Gasteiger partial charge in [-0.15, -0.1) is 5.10 Å². The van der Waals surface area contributed by atoms with E-state index < -0.39 is 5.97 Å². The van der Waals surface area contributed by atoms with Crippen molar-refractivity contribution in [3.63, 3.8) is 0 Å². The smallest absolute Gasteiger partial charge is 0.349 e. The monoisotopic (exact) mass is 188 g/mol. The molecule has 0 aliphatic carbocycles. The Morgan fingerprint density at radius 1 is 1.75 bits per heavy atom. The van der Waals surface area contributed by atoms with Crippen LogP contribution in [-0.2, 0) is 11.3 Å². The molecule has 0 aliphatic rings. The van der Waals surface area contributed by atoms with Crippen LogP contribution in [0.4, 0.5) is 0 Å². The second-order valence-electron chi connectivity index (χ2n) is 1.99.